The molecule has 4 saturated carbocycles. The summed E-state index contributed by atoms with van der Waals surface area (Å²) < 4.78 is 0. The Balaban J connectivity index is 1.65. The number of carbonyl (C=O) groups excluding carboxylic acids is 1. The minimum Gasteiger partial charge on any atom is -0.299 e. The van der Waals surface area contributed by atoms with Gasteiger partial charge in [-0.3, -0.25) is 10.2 Å². The molecule has 4 fully saturated rings. The van der Waals surface area contributed by atoms with Gasteiger partial charge in [0.1, 0.15) is 0 Å². The Kier molecular flexibility index (Phi) is 4.07. The molecule has 2 nitrogen and oxygen atoms in total. The van der Waals surface area contributed by atoms with E-state index in [-0.39, 0.29) is 5.78 Å². The van der Waals surface area contributed by atoms with Gasteiger partial charge in [0.15, 0.2) is 5.78 Å². The van der Waals surface area contributed by atoms with Gasteiger partial charge in [0, 0.05) is 16.7 Å². The van der Waals surface area contributed by atoms with Crippen molar-refractivity contribution >= 4 is 11.5 Å². The van der Waals surface area contributed by atoms with Gasteiger partial charge in [0.05, 0.1) is 5.71 Å². The molecule has 4 bridgehead atoms. The molecular formula is C25H25NO. The fourth-order valence-electron chi connectivity index (χ4n) is 5.97. The largest absolute Gasteiger partial charge is 0.299 e. The summed E-state index contributed by atoms with van der Waals surface area (Å²) in [6.07, 6.45) is 6.26. The number of nitrogens with one attached hydrogen (secondary N) is 1. The first-order chi connectivity index (χ1) is 13.2. The zero-order valence-electron chi connectivity index (χ0n) is 15.5. The summed E-state index contributed by atoms with van der Waals surface area (Å²) in [5.41, 5.74) is 3.96. The zero-order chi connectivity index (χ0) is 18.4. The molecule has 0 aromatic heterocycles. The SMILES string of the molecule is N=C(C(C(=O)c1ccccc1)=C1C2CC3CC(C2)CC1C3)c1ccccc1. The van der Waals surface area contributed by atoms with Crippen molar-refractivity contribution < 1.29 is 4.79 Å². The zero-order valence-corrected chi connectivity index (χ0v) is 15.5. The quantitative estimate of drug-likeness (QED) is 0.427. The molecule has 1 N–H and O–H groups in total. The van der Waals surface area contributed by atoms with Crippen molar-refractivity contribution in [1.82, 2.24) is 0 Å². The van der Waals surface area contributed by atoms with Gasteiger partial charge in [-0.05, 0) is 55.8 Å². The maximum Gasteiger partial charge on any atom is 0.195 e. The number of Topliss-reactive ketones (excluding diaryl/α,β-unsaturated/α-hetero) is 1. The molecule has 4 aliphatic carbocycles. The van der Waals surface area contributed by atoms with Crippen LogP contribution in [0.4, 0.5) is 0 Å². The number of allylic oxidation sites excluding steroid dienone is 2. The van der Waals surface area contributed by atoms with E-state index in [4.69, 9.17) is 5.41 Å². The molecule has 0 amide bonds. The van der Waals surface area contributed by atoms with Gasteiger partial charge in [0.25, 0.3) is 0 Å². The highest BCUT2D eigenvalue weighted by atomic mass is 16.1. The third kappa shape index (κ3) is 2.88. The summed E-state index contributed by atoms with van der Waals surface area (Å²) in [7, 11) is 0. The summed E-state index contributed by atoms with van der Waals surface area (Å²) in [6, 6.07) is 19.3. The molecule has 0 atom stereocenters. The van der Waals surface area contributed by atoms with Crippen molar-refractivity contribution in [2.45, 2.75) is 32.1 Å². The highest BCUT2D eigenvalue weighted by Gasteiger charge is 2.47. The molecule has 4 aliphatic rings. The van der Waals surface area contributed by atoms with E-state index < -0.39 is 0 Å². The van der Waals surface area contributed by atoms with Crippen LogP contribution in [0, 0.1) is 29.1 Å². The molecule has 2 heteroatoms. The van der Waals surface area contributed by atoms with E-state index in [1.807, 2.05) is 60.7 Å². The number of benzene rings is 2. The molecule has 136 valence electrons. The maximum absolute atomic E-state index is 13.6. The Hall–Kier alpha value is -2.48. The van der Waals surface area contributed by atoms with Crippen LogP contribution in [-0.4, -0.2) is 11.5 Å². The normalized spacial score (nSPS) is 28.2. The van der Waals surface area contributed by atoms with E-state index in [1.54, 1.807) is 0 Å². The van der Waals surface area contributed by atoms with E-state index in [1.165, 1.54) is 37.7 Å². The topological polar surface area (TPSA) is 40.9 Å². The number of hydrogen-bond donors (Lipinski definition) is 1. The van der Waals surface area contributed by atoms with E-state index in [0.29, 0.717) is 28.7 Å². The number of ketones is 1. The van der Waals surface area contributed by atoms with E-state index in [0.717, 1.165) is 17.4 Å². The Morgan fingerprint density at radius 2 is 1.19 bits per heavy atom. The van der Waals surface area contributed by atoms with Crippen LogP contribution in [0.15, 0.2) is 71.8 Å². The summed E-state index contributed by atoms with van der Waals surface area (Å²) in [5, 5.41) is 8.96. The first-order valence-corrected chi connectivity index (χ1v) is 10.2. The Morgan fingerprint density at radius 3 is 1.70 bits per heavy atom. The lowest BCUT2D eigenvalue weighted by molar-refractivity contribution is 0.0678. The summed E-state index contributed by atoms with van der Waals surface area (Å²) in [6.45, 7) is 0. The van der Waals surface area contributed by atoms with Gasteiger partial charge in [-0.2, -0.15) is 0 Å². The van der Waals surface area contributed by atoms with Crippen LogP contribution < -0.4 is 0 Å². The van der Waals surface area contributed by atoms with Crippen molar-refractivity contribution in [2.75, 3.05) is 0 Å². The van der Waals surface area contributed by atoms with Crippen molar-refractivity contribution in [3.05, 3.63) is 82.9 Å². The Bertz CT molecular complexity index is 826. The van der Waals surface area contributed by atoms with Crippen molar-refractivity contribution in [1.29, 1.82) is 5.41 Å². The lowest BCUT2D eigenvalue weighted by Crippen LogP contribution is -2.42. The van der Waals surface area contributed by atoms with Crippen LogP contribution in [0.5, 0.6) is 0 Å². The smallest absolute Gasteiger partial charge is 0.195 e. The molecule has 0 aliphatic heterocycles. The van der Waals surface area contributed by atoms with Crippen LogP contribution in [0.2, 0.25) is 0 Å². The third-order valence-corrected chi connectivity index (χ3v) is 6.88. The van der Waals surface area contributed by atoms with Gasteiger partial charge >= 0.3 is 0 Å². The van der Waals surface area contributed by atoms with Crippen LogP contribution in [0.25, 0.3) is 0 Å². The second-order valence-electron chi connectivity index (χ2n) is 8.57. The third-order valence-electron chi connectivity index (χ3n) is 6.88. The second-order valence-corrected chi connectivity index (χ2v) is 8.57. The molecule has 27 heavy (non-hydrogen) atoms. The van der Waals surface area contributed by atoms with E-state index >= 15 is 0 Å². The molecule has 2 aromatic carbocycles. The average molecular weight is 355 g/mol. The Labute approximate surface area is 160 Å². The highest BCUT2D eigenvalue weighted by molar-refractivity contribution is 6.32. The lowest BCUT2D eigenvalue weighted by Gasteiger charge is -2.52. The fraction of sp³-hybridized carbons (Fsp3) is 0.360. The predicted molar refractivity (Wildman–Crippen MR) is 108 cm³/mol. The summed E-state index contributed by atoms with van der Waals surface area (Å²) in [4.78, 5) is 13.6. The molecular weight excluding hydrogens is 330 g/mol. The standard InChI is InChI=1S/C25H25NO/c26-24(18-7-3-1-4-8-18)23(25(27)19-9-5-2-6-10-19)22-20-12-16-11-17(14-20)15-21(22)13-16/h1-10,16-17,20-21,26H,11-15H2. The van der Waals surface area contributed by atoms with Crippen molar-refractivity contribution in [3.8, 4) is 0 Å². The van der Waals surface area contributed by atoms with E-state index in [9.17, 15) is 4.79 Å². The van der Waals surface area contributed by atoms with E-state index in [2.05, 4.69) is 0 Å². The molecule has 0 saturated heterocycles. The number of hydrogen-bond acceptors (Lipinski definition) is 2. The minimum absolute atomic E-state index is 0.0342. The van der Waals surface area contributed by atoms with Crippen LogP contribution >= 0.6 is 0 Å². The molecule has 0 radical (unpaired) electrons. The second kappa shape index (κ2) is 6.60. The van der Waals surface area contributed by atoms with Crippen LogP contribution in [-0.2, 0) is 0 Å². The molecule has 0 heterocycles. The molecule has 6 rings (SSSR count). The first kappa shape index (κ1) is 16.7. The van der Waals surface area contributed by atoms with Gasteiger partial charge in [-0.1, -0.05) is 66.2 Å². The highest BCUT2D eigenvalue weighted by Crippen LogP contribution is 2.57. The van der Waals surface area contributed by atoms with Crippen molar-refractivity contribution in [3.63, 3.8) is 0 Å². The summed E-state index contributed by atoms with van der Waals surface area (Å²) in [5.74, 6) is 2.73. The molecule has 0 spiro atoms. The minimum atomic E-state index is 0.0342. The number of rotatable bonds is 4. The maximum atomic E-state index is 13.6. The Morgan fingerprint density at radius 1 is 0.704 bits per heavy atom. The lowest BCUT2D eigenvalue weighted by atomic mass is 9.53. The summed E-state index contributed by atoms with van der Waals surface area (Å²) >= 11 is 0. The van der Waals surface area contributed by atoms with Gasteiger partial charge in [-0.25, -0.2) is 0 Å². The monoisotopic (exact) mass is 355 g/mol. The number of carbonyl (C=O) groups is 1. The van der Waals surface area contributed by atoms with Gasteiger partial charge in [-0.15, -0.1) is 0 Å². The van der Waals surface area contributed by atoms with Gasteiger partial charge in [0.2, 0.25) is 0 Å². The van der Waals surface area contributed by atoms with Crippen LogP contribution in [0.3, 0.4) is 0 Å². The molecule has 0 unspecified atom stereocenters. The first-order valence-electron chi connectivity index (χ1n) is 10.2. The fourth-order valence-corrected chi connectivity index (χ4v) is 5.97. The van der Waals surface area contributed by atoms with Crippen LogP contribution in [0.1, 0.15) is 48.0 Å². The molecule has 2 aromatic rings. The predicted octanol–water partition coefficient (Wildman–Crippen LogP) is 5.69. The average Bonchev–Trinajstić information content (AvgIpc) is 2.70. The van der Waals surface area contributed by atoms with Gasteiger partial charge < -0.3 is 0 Å². The van der Waals surface area contributed by atoms with Crippen molar-refractivity contribution in [2.24, 2.45) is 23.7 Å².